The topological polar surface area (TPSA) is 61.7 Å². The Bertz CT molecular complexity index is 726. The van der Waals surface area contributed by atoms with E-state index in [1.54, 1.807) is 6.20 Å². The zero-order chi connectivity index (χ0) is 14.8. The molecule has 0 bridgehead atoms. The van der Waals surface area contributed by atoms with Crippen LogP contribution in [0.3, 0.4) is 0 Å². The smallest absolute Gasteiger partial charge is 0.0898 e. The number of aryl methyl sites for hydroxylation is 2. The molecule has 0 saturated carbocycles. The molecule has 5 heteroatoms. The predicted molar refractivity (Wildman–Crippen MR) is 82.2 cm³/mol. The minimum absolute atomic E-state index is 0.256. The number of hydrogen-bond donors (Lipinski definition) is 1. The van der Waals surface area contributed by atoms with Gasteiger partial charge in [-0.15, -0.1) is 0 Å². The summed E-state index contributed by atoms with van der Waals surface area (Å²) in [6.07, 6.45) is 1.78. The Balaban J connectivity index is 2.03. The van der Waals surface area contributed by atoms with Crippen LogP contribution in [0.1, 0.15) is 30.0 Å². The molecule has 3 rings (SSSR count). The second-order valence-electron chi connectivity index (χ2n) is 5.01. The van der Waals surface area contributed by atoms with Crippen LogP contribution in [0.5, 0.6) is 0 Å². The molecule has 0 spiro atoms. The molecular formula is C16H19N5. The standard InChI is InChI=1S/C16H19N5/c1-3-20-15(11-12(2)19-20)16(17)14-9-10-18-21(14)13-7-5-4-6-8-13/h4-11,16H,3,17H2,1-2H3. The van der Waals surface area contributed by atoms with Crippen molar-refractivity contribution in [1.29, 1.82) is 0 Å². The predicted octanol–water partition coefficient (Wildman–Crippen LogP) is 2.45. The lowest BCUT2D eigenvalue weighted by Gasteiger charge is -2.15. The molecule has 2 heterocycles. The van der Waals surface area contributed by atoms with Crippen LogP contribution >= 0.6 is 0 Å². The lowest BCUT2D eigenvalue weighted by Crippen LogP contribution is -2.20. The second kappa shape index (κ2) is 5.54. The average Bonchev–Trinajstić information content (AvgIpc) is 3.13. The van der Waals surface area contributed by atoms with Crippen LogP contribution in [-0.2, 0) is 6.54 Å². The molecule has 1 unspecified atom stereocenters. The normalized spacial score (nSPS) is 12.5. The first-order chi connectivity index (χ1) is 10.2. The molecule has 3 aromatic rings. The quantitative estimate of drug-likeness (QED) is 0.799. The molecular weight excluding hydrogens is 262 g/mol. The summed E-state index contributed by atoms with van der Waals surface area (Å²) in [7, 11) is 0. The van der Waals surface area contributed by atoms with Gasteiger partial charge in [-0.25, -0.2) is 4.68 Å². The third-order valence-corrected chi connectivity index (χ3v) is 3.54. The molecule has 108 valence electrons. The van der Waals surface area contributed by atoms with Gasteiger partial charge in [0.15, 0.2) is 0 Å². The lowest BCUT2D eigenvalue weighted by atomic mass is 10.1. The van der Waals surface area contributed by atoms with E-state index in [4.69, 9.17) is 5.73 Å². The Kier molecular flexibility index (Phi) is 3.58. The first kappa shape index (κ1) is 13.6. The van der Waals surface area contributed by atoms with Crippen LogP contribution < -0.4 is 5.73 Å². The van der Waals surface area contributed by atoms with Gasteiger partial charge in [0.2, 0.25) is 0 Å². The number of aromatic nitrogens is 4. The van der Waals surface area contributed by atoms with E-state index >= 15 is 0 Å². The van der Waals surface area contributed by atoms with Crippen LogP contribution in [0.15, 0.2) is 48.7 Å². The largest absolute Gasteiger partial charge is 0.318 e. The summed E-state index contributed by atoms with van der Waals surface area (Å²) in [4.78, 5) is 0. The van der Waals surface area contributed by atoms with Crippen molar-refractivity contribution in [2.24, 2.45) is 5.73 Å². The van der Waals surface area contributed by atoms with Gasteiger partial charge in [0.1, 0.15) is 0 Å². The fraction of sp³-hybridized carbons (Fsp3) is 0.250. The van der Waals surface area contributed by atoms with Gasteiger partial charge in [-0.3, -0.25) is 4.68 Å². The van der Waals surface area contributed by atoms with E-state index in [0.29, 0.717) is 0 Å². The van der Waals surface area contributed by atoms with E-state index in [1.165, 1.54) is 0 Å². The zero-order valence-corrected chi connectivity index (χ0v) is 12.3. The Morgan fingerprint density at radius 2 is 1.90 bits per heavy atom. The Labute approximate surface area is 124 Å². The molecule has 2 N–H and O–H groups in total. The maximum atomic E-state index is 6.47. The van der Waals surface area contributed by atoms with Gasteiger partial charge >= 0.3 is 0 Å². The highest BCUT2D eigenvalue weighted by atomic mass is 15.3. The van der Waals surface area contributed by atoms with Gasteiger partial charge < -0.3 is 5.73 Å². The minimum Gasteiger partial charge on any atom is -0.318 e. The summed E-state index contributed by atoms with van der Waals surface area (Å²) in [5.41, 5.74) is 10.4. The maximum Gasteiger partial charge on any atom is 0.0898 e. The van der Waals surface area contributed by atoms with Crippen molar-refractivity contribution in [3.63, 3.8) is 0 Å². The molecule has 0 aliphatic carbocycles. The number of nitrogens with zero attached hydrogens (tertiary/aromatic N) is 4. The van der Waals surface area contributed by atoms with E-state index in [1.807, 2.05) is 58.8 Å². The molecule has 21 heavy (non-hydrogen) atoms. The van der Waals surface area contributed by atoms with Crippen molar-refractivity contribution in [2.75, 3.05) is 0 Å². The van der Waals surface area contributed by atoms with E-state index in [-0.39, 0.29) is 6.04 Å². The maximum absolute atomic E-state index is 6.47. The van der Waals surface area contributed by atoms with Crippen molar-refractivity contribution < 1.29 is 0 Å². The van der Waals surface area contributed by atoms with E-state index in [0.717, 1.165) is 29.3 Å². The van der Waals surface area contributed by atoms with Gasteiger partial charge in [-0.1, -0.05) is 18.2 Å². The van der Waals surface area contributed by atoms with E-state index in [2.05, 4.69) is 17.1 Å². The highest BCUT2D eigenvalue weighted by Gasteiger charge is 2.19. The fourth-order valence-corrected chi connectivity index (χ4v) is 2.55. The number of rotatable bonds is 4. The summed E-state index contributed by atoms with van der Waals surface area (Å²) in [5, 5.41) is 8.87. The van der Waals surface area contributed by atoms with Gasteiger partial charge in [-0.2, -0.15) is 10.2 Å². The first-order valence-electron chi connectivity index (χ1n) is 7.10. The Morgan fingerprint density at radius 1 is 1.14 bits per heavy atom. The number of hydrogen-bond acceptors (Lipinski definition) is 3. The van der Waals surface area contributed by atoms with Crippen LogP contribution in [0.25, 0.3) is 5.69 Å². The number of para-hydroxylation sites is 1. The van der Waals surface area contributed by atoms with E-state index < -0.39 is 0 Å². The highest BCUT2D eigenvalue weighted by Crippen LogP contribution is 2.22. The molecule has 0 saturated heterocycles. The van der Waals surface area contributed by atoms with Crippen LogP contribution in [0.4, 0.5) is 0 Å². The Morgan fingerprint density at radius 3 is 2.62 bits per heavy atom. The molecule has 2 aromatic heterocycles. The Hall–Kier alpha value is -2.40. The van der Waals surface area contributed by atoms with Crippen molar-refractivity contribution in [3.05, 3.63) is 65.7 Å². The summed E-state index contributed by atoms with van der Waals surface area (Å²) < 4.78 is 3.83. The fourth-order valence-electron chi connectivity index (χ4n) is 2.55. The molecule has 0 radical (unpaired) electrons. The summed E-state index contributed by atoms with van der Waals surface area (Å²) in [6.45, 7) is 4.85. The molecule has 1 aromatic carbocycles. The number of nitrogens with two attached hydrogens (primary N) is 1. The van der Waals surface area contributed by atoms with Crippen LogP contribution in [0.2, 0.25) is 0 Å². The number of benzene rings is 1. The first-order valence-corrected chi connectivity index (χ1v) is 7.10. The van der Waals surface area contributed by atoms with Crippen molar-refractivity contribution >= 4 is 0 Å². The minimum atomic E-state index is -0.256. The lowest BCUT2D eigenvalue weighted by molar-refractivity contribution is 0.586. The van der Waals surface area contributed by atoms with E-state index in [9.17, 15) is 0 Å². The molecule has 0 aliphatic rings. The molecule has 5 nitrogen and oxygen atoms in total. The van der Waals surface area contributed by atoms with Gasteiger partial charge in [0, 0.05) is 12.7 Å². The van der Waals surface area contributed by atoms with Crippen molar-refractivity contribution in [2.45, 2.75) is 26.4 Å². The molecule has 1 atom stereocenters. The summed E-state index contributed by atoms with van der Waals surface area (Å²) in [6, 6.07) is 13.8. The van der Waals surface area contributed by atoms with Crippen LogP contribution in [0, 0.1) is 6.92 Å². The summed E-state index contributed by atoms with van der Waals surface area (Å²) >= 11 is 0. The molecule has 0 aliphatic heterocycles. The monoisotopic (exact) mass is 281 g/mol. The zero-order valence-electron chi connectivity index (χ0n) is 12.3. The van der Waals surface area contributed by atoms with Crippen molar-refractivity contribution in [3.8, 4) is 5.69 Å². The highest BCUT2D eigenvalue weighted by molar-refractivity contribution is 5.35. The van der Waals surface area contributed by atoms with Gasteiger partial charge in [0.25, 0.3) is 0 Å². The average molecular weight is 281 g/mol. The molecule has 0 fully saturated rings. The van der Waals surface area contributed by atoms with Crippen molar-refractivity contribution in [1.82, 2.24) is 19.6 Å². The molecule has 0 amide bonds. The summed E-state index contributed by atoms with van der Waals surface area (Å²) in [5.74, 6) is 0. The SMILES string of the molecule is CCn1nc(C)cc1C(N)c1ccnn1-c1ccccc1. The second-order valence-corrected chi connectivity index (χ2v) is 5.01. The van der Waals surface area contributed by atoms with Gasteiger partial charge in [0.05, 0.1) is 28.8 Å². The van der Waals surface area contributed by atoms with Crippen LogP contribution in [-0.4, -0.2) is 19.6 Å². The third kappa shape index (κ3) is 2.48. The third-order valence-electron chi connectivity index (χ3n) is 3.54. The van der Waals surface area contributed by atoms with Gasteiger partial charge in [-0.05, 0) is 38.1 Å².